The zero-order chi connectivity index (χ0) is 33.0. The summed E-state index contributed by atoms with van der Waals surface area (Å²) >= 11 is 1.80. The Kier molecular flexibility index (Phi) is 6.64. The van der Waals surface area contributed by atoms with Gasteiger partial charge in [0.05, 0.1) is 16.7 Å². The van der Waals surface area contributed by atoms with Gasteiger partial charge in [-0.15, -0.1) is 11.3 Å². The molecule has 3 heterocycles. The Morgan fingerprint density at radius 3 is 1.64 bits per heavy atom. The van der Waals surface area contributed by atoms with Crippen molar-refractivity contribution < 1.29 is 0 Å². The third-order valence-electron chi connectivity index (χ3n) is 9.46. The molecule has 50 heavy (non-hydrogen) atoms. The predicted molar refractivity (Wildman–Crippen MR) is 209 cm³/mol. The van der Waals surface area contributed by atoms with Gasteiger partial charge in [-0.2, -0.15) is 0 Å². The van der Waals surface area contributed by atoms with Crippen LogP contribution < -0.4 is 0 Å². The van der Waals surface area contributed by atoms with E-state index in [-0.39, 0.29) is 0 Å². The lowest BCUT2D eigenvalue weighted by molar-refractivity contribution is 1.07. The first-order valence-electron chi connectivity index (χ1n) is 16.7. The molecule has 0 N–H and O–H groups in total. The molecule has 10 rings (SSSR count). The molecule has 0 unspecified atom stereocenters. The van der Waals surface area contributed by atoms with E-state index in [4.69, 9.17) is 15.0 Å². The maximum atomic E-state index is 5.23. The summed E-state index contributed by atoms with van der Waals surface area (Å²) < 4.78 is 4.86. The molecule has 0 aliphatic rings. The summed E-state index contributed by atoms with van der Waals surface area (Å²) in [4.78, 5) is 15.5. The van der Waals surface area contributed by atoms with E-state index in [1.54, 1.807) is 11.3 Å². The lowest BCUT2D eigenvalue weighted by atomic mass is 9.99. The number of fused-ring (bicyclic) bond motifs is 6. The van der Waals surface area contributed by atoms with Crippen LogP contribution in [0, 0.1) is 0 Å². The minimum Gasteiger partial charge on any atom is -0.308 e. The molecule has 10 aromatic rings. The summed E-state index contributed by atoms with van der Waals surface area (Å²) in [5.74, 6) is 1.92. The van der Waals surface area contributed by atoms with Gasteiger partial charge in [-0.3, -0.25) is 0 Å². The van der Waals surface area contributed by atoms with E-state index in [1.807, 2.05) is 36.4 Å². The molecule has 5 heteroatoms. The summed E-state index contributed by atoms with van der Waals surface area (Å²) in [5.41, 5.74) is 8.54. The van der Waals surface area contributed by atoms with Crippen LogP contribution in [0.2, 0.25) is 0 Å². The fraction of sp³-hybridized carbons (Fsp3) is 0. The fourth-order valence-corrected chi connectivity index (χ4v) is 8.32. The maximum Gasteiger partial charge on any atom is 0.166 e. The van der Waals surface area contributed by atoms with E-state index in [1.165, 1.54) is 42.1 Å². The highest BCUT2D eigenvalue weighted by Gasteiger charge is 2.22. The third kappa shape index (κ3) is 4.63. The number of thiophene rings is 1. The van der Waals surface area contributed by atoms with Gasteiger partial charge in [0, 0.05) is 47.6 Å². The number of benzene rings is 7. The Morgan fingerprint density at radius 1 is 0.380 bits per heavy atom. The highest BCUT2D eigenvalue weighted by Crippen LogP contribution is 2.44. The van der Waals surface area contributed by atoms with Crippen molar-refractivity contribution in [2.24, 2.45) is 0 Å². The van der Waals surface area contributed by atoms with E-state index >= 15 is 0 Å². The van der Waals surface area contributed by atoms with Crippen LogP contribution in [-0.4, -0.2) is 19.5 Å². The average molecular weight is 657 g/mol. The van der Waals surface area contributed by atoms with E-state index in [0.717, 1.165) is 33.4 Å². The first-order valence-corrected chi connectivity index (χ1v) is 17.5. The van der Waals surface area contributed by atoms with Gasteiger partial charge >= 0.3 is 0 Å². The number of hydrogen-bond acceptors (Lipinski definition) is 4. The number of nitrogens with zero attached hydrogens (tertiary/aromatic N) is 4. The van der Waals surface area contributed by atoms with Gasteiger partial charge in [-0.1, -0.05) is 140 Å². The molecule has 4 nitrogen and oxygen atoms in total. The molecule has 0 aliphatic heterocycles. The Hall–Kier alpha value is -6.43. The second-order valence-corrected chi connectivity index (χ2v) is 13.5. The van der Waals surface area contributed by atoms with Crippen LogP contribution in [0.4, 0.5) is 0 Å². The molecule has 0 atom stereocenters. The third-order valence-corrected chi connectivity index (χ3v) is 10.6. The first-order chi connectivity index (χ1) is 24.8. The zero-order valence-electron chi connectivity index (χ0n) is 26.9. The van der Waals surface area contributed by atoms with Crippen LogP contribution in [0.1, 0.15) is 0 Å². The highest BCUT2D eigenvalue weighted by molar-refractivity contribution is 7.25. The van der Waals surface area contributed by atoms with Crippen LogP contribution in [-0.2, 0) is 0 Å². The van der Waals surface area contributed by atoms with E-state index in [2.05, 4.69) is 138 Å². The quantitative estimate of drug-likeness (QED) is 0.185. The summed E-state index contributed by atoms with van der Waals surface area (Å²) in [6.07, 6.45) is 0. The van der Waals surface area contributed by atoms with Crippen molar-refractivity contribution in [3.8, 4) is 51.0 Å². The van der Waals surface area contributed by atoms with Gasteiger partial charge < -0.3 is 4.57 Å². The Balaban J connectivity index is 1.34. The van der Waals surface area contributed by atoms with Crippen molar-refractivity contribution in [1.29, 1.82) is 0 Å². The highest BCUT2D eigenvalue weighted by atomic mass is 32.1. The molecule has 0 saturated carbocycles. The van der Waals surface area contributed by atoms with Crippen LogP contribution in [0.15, 0.2) is 170 Å². The summed E-state index contributed by atoms with van der Waals surface area (Å²) in [7, 11) is 0. The molecule has 0 bridgehead atoms. The van der Waals surface area contributed by atoms with Crippen molar-refractivity contribution >= 4 is 53.3 Å². The molecule has 0 aliphatic carbocycles. The molecular weight excluding hydrogens is 629 g/mol. The lowest BCUT2D eigenvalue weighted by Gasteiger charge is -2.15. The van der Waals surface area contributed by atoms with Gasteiger partial charge in [-0.05, 0) is 41.5 Å². The number of rotatable bonds is 5. The van der Waals surface area contributed by atoms with E-state index < -0.39 is 0 Å². The Morgan fingerprint density at radius 2 is 0.940 bits per heavy atom. The number of aromatic nitrogens is 4. The van der Waals surface area contributed by atoms with Crippen LogP contribution in [0.25, 0.3) is 93.0 Å². The molecule has 7 aromatic carbocycles. The normalized spacial score (nSPS) is 11.6. The molecular formula is C45H28N4S. The van der Waals surface area contributed by atoms with Gasteiger partial charge in [0.1, 0.15) is 0 Å². The minimum atomic E-state index is 0.636. The summed E-state index contributed by atoms with van der Waals surface area (Å²) in [6.45, 7) is 0. The minimum absolute atomic E-state index is 0.636. The SMILES string of the molecule is c1ccc(-c2nc(-c3ccccc3)nc(-c3cc4sc5ccccc5c4cc3-n3c4ccccc4c4c(-c5ccccc5)cccc43)n2)cc1. The molecule has 0 saturated heterocycles. The topological polar surface area (TPSA) is 43.6 Å². The smallest absolute Gasteiger partial charge is 0.166 e. The van der Waals surface area contributed by atoms with Crippen molar-refractivity contribution in [3.05, 3.63) is 170 Å². The van der Waals surface area contributed by atoms with Crippen molar-refractivity contribution in [2.45, 2.75) is 0 Å². The predicted octanol–water partition coefficient (Wildman–Crippen LogP) is 12.0. The number of para-hydroxylation sites is 1. The van der Waals surface area contributed by atoms with Crippen LogP contribution in [0.5, 0.6) is 0 Å². The van der Waals surface area contributed by atoms with Gasteiger partial charge in [0.15, 0.2) is 17.5 Å². The van der Waals surface area contributed by atoms with Crippen molar-refractivity contribution in [1.82, 2.24) is 19.5 Å². The second kappa shape index (κ2) is 11.6. The molecule has 234 valence electrons. The summed E-state index contributed by atoms with van der Waals surface area (Å²) in [5, 5.41) is 4.89. The zero-order valence-corrected chi connectivity index (χ0v) is 27.7. The first kappa shape index (κ1) is 28.6. The molecule has 3 aromatic heterocycles. The van der Waals surface area contributed by atoms with Crippen LogP contribution >= 0.6 is 11.3 Å². The molecule has 0 fully saturated rings. The van der Waals surface area contributed by atoms with Crippen molar-refractivity contribution in [2.75, 3.05) is 0 Å². The fourth-order valence-electron chi connectivity index (χ4n) is 7.19. The standard InChI is InChI=1S/C45H28N4S/c1-4-15-29(16-5-1)32-23-14-25-38-42(32)34-22-10-12-24-37(34)49(38)39-27-35-33-21-11-13-26-40(33)50-41(35)28-36(39)45-47-43(30-17-6-2-7-18-30)46-44(48-45)31-19-8-3-9-20-31/h1-28H. The summed E-state index contributed by atoms with van der Waals surface area (Å²) in [6, 6.07) is 59.7. The van der Waals surface area contributed by atoms with Gasteiger partial charge in [0.25, 0.3) is 0 Å². The Labute approximate surface area is 292 Å². The van der Waals surface area contributed by atoms with Gasteiger partial charge in [-0.25, -0.2) is 15.0 Å². The molecule has 0 amide bonds. The second-order valence-electron chi connectivity index (χ2n) is 12.4. The van der Waals surface area contributed by atoms with Gasteiger partial charge in [0.2, 0.25) is 0 Å². The molecule has 0 radical (unpaired) electrons. The van der Waals surface area contributed by atoms with Crippen LogP contribution in [0.3, 0.4) is 0 Å². The van der Waals surface area contributed by atoms with Crippen molar-refractivity contribution in [3.63, 3.8) is 0 Å². The lowest BCUT2D eigenvalue weighted by Crippen LogP contribution is -2.03. The average Bonchev–Trinajstić information content (AvgIpc) is 3.73. The number of hydrogen-bond donors (Lipinski definition) is 0. The Bertz CT molecular complexity index is 2800. The largest absolute Gasteiger partial charge is 0.308 e. The van der Waals surface area contributed by atoms with E-state index in [0.29, 0.717) is 17.5 Å². The maximum absolute atomic E-state index is 5.23. The van der Waals surface area contributed by atoms with E-state index in [9.17, 15) is 0 Å². The monoisotopic (exact) mass is 656 g/mol. The molecule has 0 spiro atoms.